The van der Waals surface area contributed by atoms with Crippen molar-refractivity contribution in [2.45, 2.75) is 27.7 Å². The van der Waals surface area contributed by atoms with Gasteiger partial charge in [-0.2, -0.15) is 0 Å². The zero-order chi connectivity index (χ0) is 16.0. The third-order valence-corrected chi connectivity index (χ3v) is 3.11. The highest BCUT2D eigenvalue weighted by Gasteiger charge is 2.37. The third kappa shape index (κ3) is 4.41. The Bertz CT molecular complexity index is 528. The highest BCUT2D eigenvalue weighted by atomic mass is 16.5. The number of carbonyl (C=O) groups excluding carboxylic acids is 3. The van der Waals surface area contributed by atoms with Gasteiger partial charge in [0.15, 0.2) is 11.6 Å². The number of benzene rings is 1. The summed E-state index contributed by atoms with van der Waals surface area (Å²) in [6, 6.07) is 6.47. The van der Waals surface area contributed by atoms with Crippen molar-refractivity contribution in [2.24, 2.45) is 5.41 Å². The van der Waals surface area contributed by atoms with E-state index in [1.54, 1.807) is 31.2 Å². The van der Waals surface area contributed by atoms with E-state index in [-0.39, 0.29) is 24.8 Å². The van der Waals surface area contributed by atoms with Crippen LogP contribution in [0, 0.1) is 5.41 Å². The predicted octanol–water partition coefficient (Wildman–Crippen LogP) is 2.43. The molecular formula is C16H20O5. The Morgan fingerprint density at radius 1 is 1.10 bits per heavy atom. The summed E-state index contributed by atoms with van der Waals surface area (Å²) in [6.45, 7) is 6.17. The van der Waals surface area contributed by atoms with E-state index in [1.807, 2.05) is 0 Å². The summed E-state index contributed by atoms with van der Waals surface area (Å²) in [5.74, 6) is -0.504. The first-order valence-corrected chi connectivity index (χ1v) is 6.73. The lowest BCUT2D eigenvalue weighted by Crippen LogP contribution is -2.38. The van der Waals surface area contributed by atoms with Crippen LogP contribution in [-0.2, 0) is 14.3 Å². The van der Waals surface area contributed by atoms with E-state index in [9.17, 15) is 14.4 Å². The monoisotopic (exact) mass is 292 g/mol. The summed E-state index contributed by atoms with van der Waals surface area (Å²) in [5, 5.41) is 0. The molecule has 114 valence electrons. The van der Waals surface area contributed by atoms with Crippen LogP contribution in [0.4, 0.5) is 0 Å². The molecule has 0 heterocycles. The number of esters is 1. The van der Waals surface area contributed by atoms with E-state index in [0.717, 1.165) is 0 Å². The van der Waals surface area contributed by atoms with Gasteiger partial charge in [0, 0.05) is 5.56 Å². The van der Waals surface area contributed by atoms with E-state index in [1.165, 1.54) is 20.8 Å². The fraction of sp³-hybridized carbons (Fsp3) is 0.438. The first-order chi connectivity index (χ1) is 9.78. The lowest BCUT2D eigenvalue weighted by atomic mass is 9.88. The van der Waals surface area contributed by atoms with Crippen molar-refractivity contribution < 1.29 is 23.9 Å². The van der Waals surface area contributed by atoms with E-state index < -0.39 is 11.4 Å². The highest BCUT2D eigenvalue weighted by Crippen LogP contribution is 2.20. The van der Waals surface area contributed by atoms with Crippen LogP contribution in [0.5, 0.6) is 5.75 Å². The molecular weight excluding hydrogens is 272 g/mol. The molecule has 0 bridgehead atoms. The first kappa shape index (κ1) is 16.9. The van der Waals surface area contributed by atoms with Crippen LogP contribution in [0.3, 0.4) is 0 Å². The Balaban J connectivity index is 2.64. The molecule has 5 nitrogen and oxygen atoms in total. The average molecular weight is 292 g/mol. The minimum atomic E-state index is -1.24. The molecule has 1 aromatic rings. The summed E-state index contributed by atoms with van der Waals surface area (Å²) < 4.78 is 10.2. The van der Waals surface area contributed by atoms with E-state index in [4.69, 9.17) is 9.47 Å². The summed E-state index contributed by atoms with van der Waals surface area (Å²) in [7, 11) is 0. The number of Topliss-reactive ketones (excluding diaryl/α,β-unsaturated/α-hetero) is 2. The van der Waals surface area contributed by atoms with Crippen LogP contribution in [0.15, 0.2) is 24.3 Å². The van der Waals surface area contributed by atoms with E-state index in [2.05, 4.69) is 0 Å². The topological polar surface area (TPSA) is 69.7 Å². The lowest BCUT2D eigenvalue weighted by Gasteiger charge is -2.20. The zero-order valence-corrected chi connectivity index (χ0v) is 12.8. The fourth-order valence-corrected chi connectivity index (χ4v) is 1.54. The summed E-state index contributed by atoms with van der Waals surface area (Å²) >= 11 is 0. The normalized spacial score (nSPS) is 10.9. The van der Waals surface area contributed by atoms with Gasteiger partial charge < -0.3 is 9.47 Å². The van der Waals surface area contributed by atoms with Crippen LogP contribution in [-0.4, -0.2) is 30.7 Å². The number of ketones is 2. The van der Waals surface area contributed by atoms with E-state index >= 15 is 0 Å². The first-order valence-electron chi connectivity index (χ1n) is 6.73. The molecule has 0 saturated heterocycles. The fourth-order valence-electron chi connectivity index (χ4n) is 1.54. The maximum Gasteiger partial charge on any atom is 0.319 e. The van der Waals surface area contributed by atoms with Gasteiger partial charge in [-0.15, -0.1) is 0 Å². The molecule has 0 spiro atoms. The van der Waals surface area contributed by atoms with Gasteiger partial charge in [0.05, 0.1) is 6.61 Å². The molecule has 0 N–H and O–H groups in total. The summed E-state index contributed by atoms with van der Waals surface area (Å²) in [5.41, 5.74) is -0.671. The molecule has 0 amide bonds. The highest BCUT2D eigenvalue weighted by molar-refractivity contribution is 6.03. The quantitative estimate of drug-likeness (QED) is 0.438. The van der Waals surface area contributed by atoms with Crippen LogP contribution >= 0.6 is 0 Å². The van der Waals surface area contributed by atoms with Gasteiger partial charge in [-0.3, -0.25) is 14.4 Å². The Kier molecular flexibility index (Phi) is 5.64. The largest absolute Gasteiger partial charge is 0.486 e. The number of rotatable bonds is 7. The molecule has 1 rings (SSSR count). The minimum Gasteiger partial charge on any atom is -0.486 e. The van der Waals surface area contributed by atoms with Gasteiger partial charge in [0.25, 0.3) is 0 Å². The van der Waals surface area contributed by atoms with Crippen LogP contribution in [0.1, 0.15) is 38.1 Å². The standard InChI is InChI=1S/C16H20O5/c1-5-20-15(19)16(3,4)14(18)10-21-13-8-6-12(7-9-13)11(2)17/h6-9H,5,10H2,1-4H3. The molecule has 0 fully saturated rings. The molecule has 0 unspecified atom stereocenters. The van der Waals surface area contributed by atoms with Crippen molar-refractivity contribution in [2.75, 3.05) is 13.2 Å². The maximum absolute atomic E-state index is 12.0. The molecule has 0 atom stereocenters. The smallest absolute Gasteiger partial charge is 0.319 e. The summed E-state index contributed by atoms with van der Waals surface area (Å²) in [6.07, 6.45) is 0. The Hall–Kier alpha value is -2.17. The van der Waals surface area contributed by atoms with Gasteiger partial charge in [-0.05, 0) is 52.0 Å². The average Bonchev–Trinajstić information content (AvgIpc) is 2.45. The molecule has 0 aliphatic heterocycles. The van der Waals surface area contributed by atoms with Crippen LogP contribution < -0.4 is 4.74 Å². The number of carbonyl (C=O) groups is 3. The molecule has 0 saturated carbocycles. The molecule has 0 radical (unpaired) electrons. The molecule has 0 aliphatic carbocycles. The Morgan fingerprint density at radius 2 is 1.67 bits per heavy atom. The number of hydrogen-bond donors (Lipinski definition) is 0. The second kappa shape index (κ2) is 7.02. The molecule has 0 aromatic heterocycles. The predicted molar refractivity (Wildman–Crippen MR) is 77.4 cm³/mol. The minimum absolute atomic E-state index is 0.0407. The van der Waals surface area contributed by atoms with E-state index in [0.29, 0.717) is 11.3 Å². The van der Waals surface area contributed by atoms with Gasteiger partial charge in [0.1, 0.15) is 17.8 Å². The van der Waals surface area contributed by atoms with Crippen molar-refractivity contribution in [1.29, 1.82) is 0 Å². The van der Waals surface area contributed by atoms with Crippen molar-refractivity contribution in [3.05, 3.63) is 29.8 Å². The molecule has 5 heteroatoms. The number of ether oxygens (including phenoxy) is 2. The lowest BCUT2D eigenvalue weighted by molar-refractivity contribution is -0.158. The van der Waals surface area contributed by atoms with Crippen molar-refractivity contribution in [3.63, 3.8) is 0 Å². The molecule has 0 aliphatic rings. The van der Waals surface area contributed by atoms with Crippen LogP contribution in [0.2, 0.25) is 0 Å². The van der Waals surface area contributed by atoms with Crippen molar-refractivity contribution in [3.8, 4) is 5.75 Å². The summed E-state index contributed by atoms with van der Waals surface area (Å²) in [4.78, 5) is 34.9. The second-order valence-corrected chi connectivity index (χ2v) is 5.14. The van der Waals surface area contributed by atoms with Gasteiger partial charge >= 0.3 is 5.97 Å². The Morgan fingerprint density at radius 3 is 2.14 bits per heavy atom. The second-order valence-electron chi connectivity index (χ2n) is 5.14. The van der Waals surface area contributed by atoms with Gasteiger partial charge in [-0.1, -0.05) is 0 Å². The third-order valence-electron chi connectivity index (χ3n) is 3.11. The van der Waals surface area contributed by atoms with Crippen LogP contribution in [0.25, 0.3) is 0 Å². The molecule has 21 heavy (non-hydrogen) atoms. The van der Waals surface area contributed by atoms with Crippen molar-refractivity contribution >= 4 is 17.5 Å². The zero-order valence-electron chi connectivity index (χ0n) is 12.8. The maximum atomic E-state index is 12.0. The van der Waals surface area contributed by atoms with Gasteiger partial charge in [0.2, 0.25) is 0 Å². The van der Waals surface area contributed by atoms with Gasteiger partial charge in [-0.25, -0.2) is 0 Å². The number of hydrogen-bond acceptors (Lipinski definition) is 5. The SMILES string of the molecule is CCOC(=O)C(C)(C)C(=O)COc1ccc(C(C)=O)cc1. The van der Waals surface area contributed by atoms with Crippen molar-refractivity contribution in [1.82, 2.24) is 0 Å². The molecule has 1 aromatic carbocycles. The Labute approximate surface area is 124 Å².